The third-order valence-electron chi connectivity index (χ3n) is 4.39. The Morgan fingerprint density at radius 1 is 1.25 bits per heavy atom. The summed E-state index contributed by atoms with van der Waals surface area (Å²) in [6.45, 7) is 1.01. The molecule has 8 heteroatoms. The molecule has 0 spiro atoms. The average Bonchev–Trinajstić information content (AvgIpc) is 3.09. The van der Waals surface area contributed by atoms with Crippen molar-refractivity contribution in [3.8, 4) is 11.3 Å². The molecule has 1 aromatic carbocycles. The van der Waals surface area contributed by atoms with Crippen molar-refractivity contribution in [2.24, 2.45) is 0 Å². The first-order valence-corrected chi connectivity index (χ1v) is 9.52. The number of amides is 1. The number of hydrogen-bond donors (Lipinski definition) is 2. The third-order valence-corrected chi connectivity index (χ3v) is 6.41. The zero-order valence-electron chi connectivity index (χ0n) is 13.3. The van der Waals surface area contributed by atoms with E-state index in [-0.39, 0.29) is 12.8 Å². The topological polar surface area (TPSA) is 101 Å². The lowest BCUT2D eigenvalue weighted by atomic mass is 9.95. The van der Waals surface area contributed by atoms with E-state index in [4.69, 9.17) is 4.42 Å². The van der Waals surface area contributed by atoms with Crippen LogP contribution in [0, 0.1) is 0 Å². The molecule has 2 heterocycles. The molecule has 2 N–H and O–H groups in total. The van der Waals surface area contributed by atoms with Crippen molar-refractivity contribution in [1.82, 2.24) is 10.3 Å². The maximum Gasteiger partial charge on any atom is 0.245 e. The van der Waals surface area contributed by atoms with E-state index in [0.29, 0.717) is 24.5 Å². The molecule has 0 bridgehead atoms. The molecule has 0 radical (unpaired) electrons. The lowest BCUT2D eigenvalue weighted by Gasteiger charge is -2.34. The summed E-state index contributed by atoms with van der Waals surface area (Å²) in [5.41, 5.74) is 1.37. The molecule has 1 amide bonds. The van der Waals surface area contributed by atoms with E-state index in [0.717, 1.165) is 11.8 Å². The van der Waals surface area contributed by atoms with Crippen molar-refractivity contribution in [3.05, 3.63) is 36.9 Å². The van der Waals surface area contributed by atoms with Crippen molar-refractivity contribution in [2.45, 2.75) is 17.6 Å². The second-order valence-electron chi connectivity index (χ2n) is 5.91. The fourth-order valence-corrected chi connectivity index (χ4v) is 4.25. The van der Waals surface area contributed by atoms with Crippen LogP contribution in [-0.2, 0) is 14.6 Å². The van der Waals surface area contributed by atoms with Gasteiger partial charge in [-0.15, -0.1) is 0 Å². The molecule has 3 rings (SSSR count). The van der Waals surface area contributed by atoms with E-state index < -0.39 is 20.5 Å². The molecule has 0 unspecified atom stereocenters. The molecule has 1 aromatic heterocycles. The van der Waals surface area contributed by atoms with Gasteiger partial charge in [0.2, 0.25) is 5.91 Å². The number of carbonyl (C=O) groups is 1. The molecule has 24 heavy (non-hydrogen) atoms. The summed E-state index contributed by atoms with van der Waals surface area (Å²) in [7, 11) is -3.53. The highest BCUT2D eigenvalue weighted by Crippen LogP contribution is 2.30. The van der Waals surface area contributed by atoms with Crippen molar-refractivity contribution < 1.29 is 17.6 Å². The highest BCUT2D eigenvalue weighted by molar-refractivity contribution is 7.92. The Morgan fingerprint density at radius 2 is 1.92 bits per heavy atom. The van der Waals surface area contributed by atoms with Gasteiger partial charge in [0.05, 0.1) is 6.20 Å². The van der Waals surface area contributed by atoms with Crippen LogP contribution in [0.2, 0.25) is 0 Å². The Labute approximate surface area is 140 Å². The number of carbonyl (C=O) groups excluding carboxylic acids is 1. The summed E-state index contributed by atoms with van der Waals surface area (Å²) in [6.07, 6.45) is 4.62. The first-order chi connectivity index (χ1) is 11.4. The van der Waals surface area contributed by atoms with Gasteiger partial charge < -0.3 is 15.1 Å². The summed E-state index contributed by atoms with van der Waals surface area (Å²) in [5.74, 6) is 0.151. The lowest BCUT2D eigenvalue weighted by molar-refractivity contribution is -0.119. The molecule has 7 nitrogen and oxygen atoms in total. The Bertz CT molecular complexity index is 808. The minimum absolute atomic E-state index is 0.272. The van der Waals surface area contributed by atoms with Gasteiger partial charge in [0.1, 0.15) is 0 Å². The van der Waals surface area contributed by atoms with Crippen LogP contribution >= 0.6 is 0 Å². The number of nitrogens with zero attached hydrogens (tertiary/aromatic N) is 1. The van der Waals surface area contributed by atoms with Gasteiger partial charge in [-0.1, -0.05) is 0 Å². The molecule has 1 aliphatic rings. The van der Waals surface area contributed by atoms with Gasteiger partial charge in [0, 0.05) is 17.5 Å². The second kappa shape index (κ2) is 6.37. The molecule has 1 fully saturated rings. The van der Waals surface area contributed by atoms with Crippen LogP contribution in [0.1, 0.15) is 12.8 Å². The zero-order valence-corrected chi connectivity index (χ0v) is 14.1. The highest BCUT2D eigenvalue weighted by Gasteiger charge is 2.48. The van der Waals surface area contributed by atoms with Crippen LogP contribution < -0.4 is 10.6 Å². The van der Waals surface area contributed by atoms with Gasteiger partial charge in [-0.2, -0.15) is 0 Å². The molecule has 0 atom stereocenters. The lowest BCUT2D eigenvalue weighted by Crippen LogP contribution is -2.55. The normalized spacial score (nSPS) is 17.4. The van der Waals surface area contributed by atoms with Crippen LogP contribution in [-0.4, -0.2) is 43.4 Å². The number of benzene rings is 1. The minimum atomic E-state index is -3.53. The maximum atomic E-state index is 12.7. The molecule has 1 saturated heterocycles. The average molecular weight is 349 g/mol. The van der Waals surface area contributed by atoms with Crippen LogP contribution in [0.15, 0.2) is 41.3 Å². The van der Waals surface area contributed by atoms with E-state index in [1.165, 1.54) is 6.39 Å². The number of hydrogen-bond acceptors (Lipinski definition) is 6. The summed E-state index contributed by atoms with van der Waals surface area (Å²) in [6, 6.07) is 7.00. The number of anilines is 1. The largest absolute Gasteiger partial charge is 0.444 e. The first-order valence-electron chi connectivity index (χ1n) is 7.63. The summed E-state index contributed by atoms with van der Waals surface area (Å²) < 4.78 is 28.3. The minimum Gasteiger partial charge on any atom is -0.444 e. The summed E-state index contributed by atoms with van der Waals surface area (Å²) in [5, 5.41) is 5.83. The third kappa shape index (κ3) is 3.07. The van der Waals surface area contributed by atoms with E-state index in [1.807, 2.05) is 0 Å². The predicted molar refractivity (Wildman–Crippen MR) is 90.2 cm³/mol. The standard InChI is InChI=1S/C16H19N3O4S/c1-24(21,22)16(6-8-17-9-7-16)15(20)19-13-4-2-12(3-5-13)14-10-18-11-23-14/h2-5,10-11,17H,6-9H2,1H3,(H,19,20). The molecular weight excluding hydrogens is 330 g/mol. The fraction of sp³-hybridized carbons (Fsp3) is 0.375. The zero-order chi connectivity index (χ0) is 17.2. The van der Waals surface area contributed by atoms with Gasteiger partial charge >= 0.3 is 0 Å². The van der Waals surface area contributed by atoms with E-state index in [9.17, 15) is 13.2 Å². The SMILES string of the molecule is CS(=O)(=O)C1(C(=O)Nc2ccc(-c3cnco3)cc2)CCNCC1. The molecule has 2 aromatic rings. The molecular formula is C16H19N3O4S. The van der Waals surface area contributed by atoms with Gasteiger partial charge in [0.25, 0.3) is 0 Å². The van der Waals surface area contributed by atoms with Crippen molar-refractivity contribution in [3.63, 3.8) is 0 Å². The quantitative estimate of drug-likeness (QED) is 0.866. The van der Waals surface area contributed by atoms with E-state index >= 15 is 0 Å². The molecule has 128 valence electrons. The Kier molecular flexibility index (Phi) is 4.42. The second-order valence-corrected chi connectivity index (χ2v) is 8.24. The number of piperidine rings is 1. The monoisotopic (exact) mass is 349 g/mol. The van der Waals surface area contributed by atoms with Crippen LogP contribution in [0.3, 0.4) is 0 Å². The number of aromatic nitrogens is 1. The summed E-state index contributed by atoms with van der Waals surface area (Å²) in [4.78, 5) is 16.6. The first kappa shape index (κ1) is 16.7. The van der Waals surface area contributed by atoms with Crippen LogP contribution in [0.25, 0.3) is 11.3 Å². The number of rotatable bonds is 4. The summed E-state index contributed by atoms with van der Waals surface area (Å²) >= 11 is 0. The van der Waals surface area contributed by atoms with Crippen molar-refractivity contribution in [2.75, 3.05) is 24.7 Å². The van der Waals surface area contributed by atoms with Gasteiger partial charge in [-0.25, -0.2) is 13.4 Å². The number of nitrogens with one attached hydrogen (secondary N) is 2. The van der Waals surface area contributed by atoms with Crippen molar-refractivity contribution in [1.29, 1.82) is 0 Å². The van der Waals surface area contributed by atoms with Gasteiger partial charge in [-0.05, 0) is 50.2 Å². The Morgan fingerprint density at radius 3 is 2.46 bits per heavy atom. The maximum absolute atomic E-state index is 12.7. The fourth-order valence-electron chi connectivity index (χ4n) is 2.92. The van der Waals surface area contributed by atoms with E-state index in [1.54, 1.807) is 30.5 Å². The van der Waals surface area contributed by atoms with Crippen molar-refractivity contribution >= 4 is 21.4 Å². The smallest absolute Gasteiger partial charge is 0.245 e. The van der Waals surface area contributed by atoms with Crippen LogP contribution in [0.5, 0.6) is 0 Å². The number of sulfone groups is 1. The molecule has 0 aliphatic carbocycles. The highest BCUT2D eigenvalue weighted by atomic mass is 32.2. The van der Waals surface area contributed by atoms with E-state index in [2.05, 4.69) is 15.6 Å². The van der Waals surface area contributed by atoms with Gasteiger partial charge in [0.15, 0.2) is 26.7 Å². The van der Waals surface area contributed by atoms with Gasteiger partial charge in [-0.3, -0.25) is 4.79 Å². The number of oxazole rings is 1. The Hall–Kier alpha value is -2.19. The van der Waals surface area contributed by atoms with Crippen LogP contribution in [0.4, 0.5) is 5.69 Å². The predicted octanol–water partition coefficient (Wildman–Crippen LogP) is 1.45. The molecule has 0 saturated carbocycles. The molecule has 1 aliphatic heterocycles. The Balaban J connectivity index is 1.80.